The Hall–Kier alpha value is -1.85. The lowest BCUT2D eigenvalue weighted by Gasteiger charge is -2.19. The predicted molar refractivity (Wildman–Crippen MR) is 76.8 cm³/mol. The molecule has 0 spiro atoms. The van der Waals surface area contributed by atoms with E-state index in [2.05, 4.69) is 0 Å². The summed E-state index contributed by atoms with van der Waals surface area (Å²) in [5, 5.41) is 18.1. The van der Waals surface area contributed by atoms with Crippen molar-refractivity contribution in [2.24, 2.45) is 0 Å². The van der Waals surface area contributed by atoms with Gasteiger partial charge in [-0.05, 0) is 30.7 Å². The van der Waals surface area contributed by atoms with Gasteiger partial charge in [-0.3, -0.25) is 4.79 Å². The van der Waals surface area contributed by atoms with E-state index in [9.17, 15) is 14.7 Å². The third-order valence-corrected chi connectivity index (χ3v) is 2.86. The predicted octanol–water partition coefficient (Wildman–Crippen LogP) is 1.89. The maximum Gasteiger partial charge on any atom is 0.328 e. The van der Waals surface area contributed by atoms with Crippen molar-refractivity contribution in [1.29, 1.82) is 0 Å². The molecule has 1 amide bonds. The number of carboxylic acid groups (broad SMARTS) is 1. The number of nitrogens with zero attached hydrogens (tertiary/aromatic N) is 1. The first-order chi connectivity index (χ1) is 9.31. The van der Waals surface area contributed by atoms with Crippen LogP contribution in [0.2, 0.25) is 5.02 Å². The number of carbonyl (C=O) groups excluding carboxylic acids is 1. The van der Waals surface area contributed by atoms with E-state index in [1.165, 1.54) is 17.0 Å². The van der Waals surface area contributed by atoms with Gasteiger partial charge in [-0.2, -0.15) is 0 Å². The van der Waals surface area contributed by atoms with Crippen LogP contribution in [-0.4, -0.2) is 46.7 Å². The Bertz CT molecular complexity index is 540. The molecule has 0 aliphatic carbocycles. The van der Waals surface area contributed by atoms with Crippen molar-refractivity contribution in [2.45, 2.75) is 13.0 Å². The molecule has 1 unspecified atom stereocenters. The fourth-order valence-corrected chi connectivity index (χ4v) is 1.90. The standard InChI is InChI=1S/C14H16ClNO4/c1-9(17)8-16(2)14(20)11-4-3-10(12(15)7-11)5-6-13(18)19/h3-7,9,17H,8H2,1-2H3,(H,18,19)/b6-5+. The van der Waals surface area contributed by atoms with Crippen LogP contribution in [-0.2, 0) is 4.79 Å². The second kappa shape index (κ2) is 7.07. The Kier molecular flexibility index (Phi) is 5.73. The number of rotatable bonds is 5. The minimum Gasteiger partial charge on any atom is -0.478 e. The molecular weight excluding hydrogens is 282 g/mol. The van der Waals surface area contributed by atoms with E-state index in [4.69, 9.17) is 16.7 Å². The van der Waals surface area contributed by atoms with Crippen molar-refractivity contribution < 1.29 is 19.8 Å². The molecule has 1 aromatic carbocycles. The summed E-state index contributed by atoms with van der Waals surface area (Å²) in [6.45, 7) is 1.81. The number of carboxylic acids is 1. The first-order valence-corrected chi connectivity index (χ1v) is 6.33. The highest BCUT2D eigenvalue weighted by atomic mass is 35.5. The average molecular weight is 298 g/mol. The van der Waals surface area contributed by atoms with Crippen LogP contribution in [0, 0.1) is 0 Å². The smallest absolute Gasteiger partial charge is 0.328 e. The van der Waals surface area contributed by atoms with Gasteiger partial charge in [-0.1, -0.05) is 17.7 Å². The van der Waals surface area contributed by atoms with E-state index < -0.39 is 12.1 Å². The number of aliphatic hydroxyl groups excluding tert-OH is 1. The molecule has 0 saturated heterocycles. The van der Waals surface area contributed by atoms with E-state index in [1.54, 1.807) is 26.1 Å². The monoisotopic (exact) mass is 297 g/mol. The highest BCUT2D eigenvalue weighted by molar-refractivity contribution is 6.32. The van der Waals surface area contributed by atoms with Gasteiger partial charge in [0.05, 0.1) is 6.10 Å². The molecule has 1 atom stereocenters. The molecule has 2 N–H and O–H groups in total. The van der Waals surface area contributed by atoms with Crippen LogP contribution in [0.3, 0.4) is 0 Å². The number of amides is 1. The molecule has 0 saturated carbocycles. The van der Waals surface area contributed by atoms with Crippen LogP contribution < -0.4 is 0 Å². The van der Waals surface area contributed by atoms with Gasteiger partial charge in [0.25, 0.3) is 5.91 Å². The number of halogens is 1. The molecule has 1 aromatic rings. The fraction of sp³-hybridized carbons (Fsp3) is 0.286. The SMILES string of the molecule is CC(O)CN(C)C(=O)c1ccc(/C=C/C(=O)O)c(Cl)c1. The molecule has 5 nitrogen and oxygen atoms in total. The maximum atomic E-state index is 12.1. The normalized spacial score (nSPS) is 12.4. The fourth-order valence-electron chi connectivity index (χ4n) is 1.66. The number of aliphatic hydroxyl groups is 1. The van der Waals surface area contributed by atoms with Crippen molar-refractivity contribution in [3.8, 4) is 0 Å². The van der Waals surface area contributed by atoms with Crippen molar-refractivity contribution in [1.82, 2.24) is 4.90 Å². The summed E-state index contributed by atoms with van der Waals surface area (Å²) in [6.07, 6.45) is 1.72. The van der Waals surface area contributed by atoms with E-state index in [1.807, 2.05) is 0 Å². The van der Waals surface area contributed by atoms with Gasteiger partial charge in [0.15, 0.2) is 0 Å². The van der Waals surface area contributed by atoms with Crippen molar-refractivity contribution in [3.63, 3.8) is 0 Å². The summed E-state index contributed by atoms with van der Waals surface area (Å²) in [5.74, 6) is -1.33. The molecule has 108 valence electrons. The Morgan fingerprint density at radius 2 is 2.10 bits per heavy atom. The Balaban J connectivity index is 2.91. The van der Waals surface area contributed by atoms with Crippen LogP contribution in [0.4, 0.5) is 0 Å². The van der Waals surface area contributed by atoms with Crippen LogP contribution in [0.1, 0.15) is 22.8 Å². The highest BCUT2D eigenvalue weighted by Gasteiger charge is 2.14. The van der Waals surface area contributed by atoms with E-state index in [0.29, 0.717) is 16.1 Å². The molecular formula is C14H16ClNO4. The van der Waals surface area contributed by atoms with Gasteiger partial charge in [0, 0.05) is 30.3 Å². The molecule has 0 bridgehead atoms. The third-order valence-electron chi connectivity index (χ3n) is 2.54. The first-order valence-electron chi connectivity index (χ1n) is 5.95. The number of hydrogen-bond donors (Lipinski definition) is 2. The van der Waals surface area contributed by atoms with Gasteiger partial charge in [0.1, 0.15) is 0 Å². The summed E-state index contributed by atoms with van der Waals surface area (Å²) in [6, 6.07) is 4.61. The molecule has 1 rings (SSSR count). The second-order valence-corrected chi connectivity index (χ2v) is 4.85. The quantitative estimate of drug-likeness (QED) is 0.814. The van der Waals surface area contributed by atoms with Gasteiger partial charge >= 0.3 is 5.97 Å². The molecule has 20 heavy (non-hydrogen) atoms. The van der Waals surface area contributed by atoms with Gasteiger partial charge < -0.3 is 15.1 Å². The summed E-state index contributed by atoms with van der Waals surface area (Å²) >= 11 is 6.00. The number of hydrogen-bond acceptors (Lipinski definition) is 3. The minimum atomic E-state index is -1.07. The highest BCUT2D eigenvalue weighted by Crippen LogP contribution is 2.20. The lowest BCUT2D eigenvalue weighted by molar-refractivity contribution is -0.131. The van der Waals surface area contributed by atoms with Gasteiger partial charge in [-0.15, -0.1) is 0 Å². The lowest BCUT2D eigenvalue weighted by atomic mass is 10.1. The van der Waals surface area contributed by atoms with Crippen molar-refractivity contribution in [3.05, 3.63) is 40.4 Å². The second-order valence-electron chi connectivity index (χ2n) is 4.44. The van der Waals surface area contributed by atoms with E-state index in [0.717, 1.165) is 6.08 Å². The first kappa shape index (κ1) is 16.2. The van der Waals surface area contributed by atoms with E-state index >= 15 is 0 Å². The maximum absolute atomic E-state index is 12.1. The van der Waals surface area contributed by atoms with Crippen LogP contribution >= 0.6 is 11.6 Å². The average Bonchev–Trinajstić information content (AvgIpc) is 2.35. The Morgan fingerprint density at radius 1 is 1.45 bits per heavy atom. The summed E-state index contributed by atoms with van der Waals surface area (Å²) in [7, 11) is 1.58. The zero-order valence-corrected chi connectivity index (χ0v) is 12.0. The Labute approximate surface area is 122 Å². The summed E-state index contributed by atoms with van der Waals surface area (Å²) in [4.78, 5) is 23.9. The molecule has 6 heteroatoms. The summed E-state index contributed by atoms with van der Waals surface area (Å²) < 4.78 is 0. The molecule has 0 fully saturated rings. The van der Waals surface area contributed by atoms with Crippen LogP contribution in [0.5, 0.6) is 0 Å². The topological polar surface area (TPSA) is 77.8 Å². The molecule has 0 aliphatic heterocycles. The third kappa shape index (κ3) is 4.68. The number of likely N-dealkylation sites (N-methyl/N-ethyl adjacent to an activating group) is 1. The van der Waals surface area contributed by atoms with Gasteiger partial charge in [0.2, 0.25) is 0 Å². The van der Waals surface area contributed by atoms with Gasteiger partial charge in [-0.25, -0.2) is 4.79 Å². The zero-order chi connectivity index (χ0) is 15.3. The Morgan fingerprint density at radius 3 is 2.60 bits per heavy atom. The van der Waals surface area contributed by atoms with Crippen molar-refractivity contribution in [2.75, 3.05) is 13.6 Å². The molecule has 0 aromatic heterocycles. The lowest BCUT2D eigenvalue weighted by Crippen LogP contribution is -2.33. The zero-order valence-electron chi connectivity index (χ0n) is 11.2. The molecule has 0 radical (unpaired) electrons. The van der Waals surface area contributed by atoms with Crippen LogP contribution in [0.25, 0.3) is 6.08 Å². The summed E-state index contributed by atoms with van der Waals surface area (Å²) in [5.41, 5.74) is 0.898. The molecule has 0 aliphatic rings. The largest absolute Gasteiger partial charge is 0.478 e. The minimum absolute atomic E-state index is 0.219. The number of carbonyl (C=O) groups is 2. The van der Waals surface area contributed by atoms with E-state index in [-0.39, 0.29) is 12.5 Å². The van der Waals surface area contributed by atoms with Crippen molar-refractivity contribution >= 4 is 29.6 Å². The van der Waals surface area contributed by atoms with Crippen LogP contribution in [0.15, 0.2) is 24.3 Å². The molecule has 0 heterocycles. The number of aliphatic carboxylic acids is 1. The number of benzene rings is 1.